The molecule has 17 heavy (non-hydrogen) atoms. The number of nitrogens with two attached hydrogens (primary N) is 1. The van der Waals surface area contributed by atoms with Gasteiger partial charge in [-0.2, -0.15) is 0 Å². The molecule has 0 saturated carbocycles. The van der Waals surface area contributed by atoms with Crippen LogP contribution in [0.1, 0.15) is 20.3 Å². The molecular formula is C13H21N3O. The number of carbonyl (C=O) groups excluding carboxylic acids is 1. The van der Waals surface area contributed by atoms with Gasteiger partial charge in [0, 0.05) is 24.8 Å². The summed E-state index contributed by atoms with van der Waals surface area (Å²) in [4.78, 5) is 10.9. The summed E-state index contributed by atoms with van der Waals surface area (Å²) < 4.78 is 0. The summed E-state index contributed by atoms with van der Waals surface area (Å²) in [5.41, 5.74) is 7.33. The second kappa shape index (κ2) is 6.91. The molecule has 0 saturated heterocycles. The predicted octanol–water partition coefficient (Wildman–Crippen LogP) is 2.04. The van der Waals surface area contributed by atoms with Crippen molar-refractivity contribution in [2.24, 2.45) is 11.7 Å². The Bertz CT molecular complexity index is 365. The fourth-order valence-corrected chi connectivity index (χ4v) is 1.59. The van der Waals surface area contributed by atoms with Gasteiger partial charge in [0.05, 0.1) is 0 Å². The normalized spacial score (nSPS) is 11.9. The second-order valence-electron chi connectivity index (χ2n) is 4.33. The van der Waals surface area contributed by atoms with Gasteiger partial charge in [-0.25, -0.2) is 0 Å². The van der Waals surface area contributed by atoms with E-state index in [0.29, 0.717) is 5.92 Å². The van der Waals surface area contributed by atoms with Crippen LogP contribution in [0.4, 0.5) is 11.4 Å². The lowest BCUT2D eigenvalue weighted by molar-refractivity contribution is -0.114. The fourth-order valence-electron chi connectivity index (χ4n) is 1.59. The number of rotatable bonds is 6. The number of hydrogen-bond donors (Lipinski definition) is 3. The first-order valence-electron chi connectivity index (χ1n) is 5.93. The van der Waals surface area contributed by atoms with Crippen LogP contribution >= 0.6 is 0 Å². The molecule has 0 aromatic heterocycles. The van der Waals surface area contributed by atoms with Crippen LogP contribution in [0, 0.1) is 5.92 Å². The first-order chi connectivity index (χ1) is 8.11. The van der Waals surface area contributed by atoms with Crippen LogP contribution in [0.2, 0.25) is 0 Å². The third-order valence-corrected chi connectivity index (χ3v) is 2.50. The number of nitrogens with one attached hydrogen (secondary N) is 2. The minimum Gasteiger partial charge on any atom is -0.385 e. The molecule has 4 N–H and O–H groups in total. The van der Waals surface area contributed by atoms with Crippen molar-refractivity contribution in [3.63, 3.8) is 0 Å². The van der Waals surface area contributed by atoms with E-state index in [9.17, 15) is 4.79 Å². The van der Waals surface area contributed by atoms with E-state index in [2.05, 4.69) is 17.6 Å². The van der Waals surface area contributed by atoms with Gasteiger partial charge in [-0.3, -0.25) is 4.79 Å². The van der Waals surface area contributed by atoms with Crippen molar-refractivity contribution in [2.75, 3.05) is 23.7 Å². The average molecular weight is 235 g/mol. The molecule has 4 heteroatoms. The van der Waals surface area contributed by atoms with E-state index >= 15 is 0 Å². The molecule has 0 aliphatic heterocycles. The first-order valence-corrected chi connectivity index (χ1v) is 5.93. The molecule has 1 aromatic carbocycles. The van der Waals surface area contributed by atoms with Crippen LogP contribution in [-0.2, 0) is 4.79 Å². The maximum absolute atomic E-state index is 10.9. The largest absolute Gasteiger partial charge is 0.385 e. The molecule has 1 unspecified atom stereocenters. The monoisotopic (exact) mass is 235 g/mol. The summed E-state index contributed by atoms with van der Waals surface area (Å²) in [6.07, 6.45) is 1.01. The van der Waals surface area contributed by atoms with Gasteiger partial charge >= 0.3 is 0 Å². The summed E-state index contributed by atoms with van der Waals surface area (Å²) in [6, 6.07) is 7.70. The Morgan fingerprint density at radius 3 is 2.76 bits per heavy atom. The first kappa shape index (κ1) is 13.5. The van der Waals surface area contributed by atoms with Crippen molar-refractivity contribution in [2.45, 2.75) is 20.3 Å². The highest BCUT2D eigenvalue weighted by Crippen LogP contribution is 2.15. The molecule has 1 atom stereocenters. The highest BCUT2D eigenvalue weighted by atomic mass is 16.1. The third-order valence-electron chi connectivity index (χ3n) is 2.50. The zero-order chi connectivity index (χ0) is 12.7. The van der Waals surface area contributed by atoms with Crippen molar-refractivity contribution in [3.05, 3.63) is 24.3 Å². The van der Waals surface area contributed by atoms with Gasteiger partial charge in [0.2, 0.25) is 5.91 Å². The standard InChI is InChI=1S/C13H21N3O/c1-10(6-7-14)9-15-12-4-3-5-13(8-12)16-11(2)17/h3-5,8,10,15H,6-7,9,14H2,1-2H3,(H,16,17). The van der Waals surface area contributed by atoms with Crippen LogP contribution in [0.15, 0.2) is 24.3 Å². The maximum Gasteiger partial charge on any atom is 0.221 e. The van der Waals surface area contributed by atoms with Crippen molar-refractivity contribution >= 4 is 17.3 Å². The lowest BCUT2D eigenvalue weighted by Crippen LogP contribution is -2.15. The van der Waals surface area contributed by atoms with Crippen LogP contribution in [0.3, 0.4) is 0 Å². The van der Waals surface area contributed by atoms with Gasteiger partial charge in [-0.05, 0) is 37.1 Å². The third kappa shape index (κ3) is 5.36. The molecule has 0 fully saturated rings. The number of carbonyl (C=O) groups is 1. The Morgan fingerprint density at radius 2 is 2.12 bits per heavy atom. The van der Waals surface area contributed by atoms with Crippen LogP contribution in [0.25, 0.3) is 0 Å². The topological polar surface area (TPSA) is 67.2 Å². The number of benzene rings is 1. The van der Waals surface area contributed by atoms with Crippen molar-refractivity contribution in [1.82, 2.24) is 0 Å². The zero-order valence-corrected chi connectivity index (χ0v) is 10.5. The summed E-state index contributed by atoms with van der Waals surface area (Å²) in [6.45, 7) is 5.27. The molecule has 0 heterocycles. The average Bonchev–Trinajstić information content (AvgIpc) is 2.26. The summed E-state index contributed by atoms with van der Waals surface area (Å²) >= 11 is 0. The van der Waals surface area contributed by atoms with Gasteiger partial charge in [0.25, 0.3) is 0 Å². The molecule has 1 amide bonds. The minimum absolute atomic E-state index is 0.0568. The summed E-state index contributed by atoms with van der Waals surface area (Å²) in [5.74, 6) is 0.489. The van der Waals surface area contributed by atoms with E-state index in [4.69, 9.17) is 5.73 Å². The Morgan fingerprint density at radius 1 is 1.41 bits per heavy atom. The number of amides is 1. The van der Waals surface area contributed by atoms with Gasteiger partial charge < -0.3 is 16.4 Å². The lowest BCUT2D eigenvalue weighted by atomic mass is 10.1. The molecule has 1 aromatic rings. The molecule has 1 rings (SSSR count). The molecule has 0 aliphatic carbocycles. The summed E-state index contributed by atoms with van der Waals surface area (Å²) in [5, 5.41) is 6.10. The van der Waals surface area contributed by atoms with E-state index in [1.165, 1.54) is 6.92 Å². The Labute approximate surface area is 103 Å². The quantitative estimate of drug-likeness (QED) is 0.707. The number of hydrogen-bond acceptors (Lipinski definition) is 3. The highest BCUT2D eigenvalue weighted by molar-refractivity contribution is 5.89. The highest BCUT2D eigenvalue weighted by Gasteiger charge is 2.01. The van der Waals surface area contributed by atoms with Gasteiger partial charge in [0.15, 0.2) is 0 Å². The van der Waals surface area contributed by atoms with Crippen molar-refractivity contribution in [3.8, 4) is 0 Å². The van der Waals surface area contributed by atoms with E-state index in [1.54, 1.807) is 0 Å². The fraction of sp³-hybridized carbons (Fsp3) is 0.462. The molecular weight excluding hydrogens is 214 g/mol. The molecule has 94 valence electrons. The molecule has 4 nitrogen and oxygen atoms in total. The minimum atomic E-state index is -0.0568. The van der Waals surface area contributed by atoms with E-state index in [0.717, 1.165) is 30.9 Å². The Hall–Kier alpha value is -1.55. The summed E-state index contributed by atoms with van der Waals surface area (Å²) in [7, 11) is 0. The van der Waals surface area contributed by atoms with Gasteiger partial charge in [-0.1, -0.05) is 13.0 Å². The van der Waals surface area contributed by atoms with E-state index in [-0.39, 0.29) is 5.91 Å². The van der Waals surface area contributed by atoms with Crippen LogP contribution < -0.4 is 16.4 Å². The van der Waals surface area contributed by atoms with Crippen molar-refractivity contribution < 1.29 is 4.79 Å². The van der Waals surface area contributed by atoms with Crippen LogP contribution in [0.5, 0.6) is 0 Å². The smallest absolute Gasteiger partial charge is 0.221 e. The lowest BCUT2D eigenvalue weighted by Gasteiger charge is -2.13. The SMILES string of the molecule is CC(=O)Nc1cccc(NCC(C)CCN)c1. The molecule has 0 bridgehead atoms. The Kier molecular flexibility index (Phi) is 5.49. The van der Waals surface area contributed by atoms with Gasteiger partial charge in [-0.15, -0.1) is 0 Å². The predicted molar refractivity (Wildman–Crippen MR) is 72.1 cm³/mol. The zero-order valence-electron chi connectivity index (χ0n) is 10.5. The van der Waals surface area contributed by atoms with Crippen molar-refractivity contribution in [1.29, 1.82) is 0 Å². The van der Waals surface area contributed by atoms with E-state index < -0.39 is 0 Å². The molecule has 0 spiro atoms. The Balaban J connectivity index is 2.50. The number of anilines is 2. The van der Waals surface area contributed by atoms with Gasteiger partial charge in [0.1, 0.15) is 0 Å². The van der Waals surface area contributed by atoms with Crippen LogP contribution in [-0.4, -0.2) is 19.0 Å². The molecule has 0 aliphatic rings. The van der Waals surface area contributed by atoms with E-state index in [1.807, 2.05) is 24.3 Å². The second-order valence-corrected chi connectivity index (χ2v) is 4.33. The molecule has 0 radical (unpaired) electrons. The maximum atomic E-state index is 10.9.